The molecule has 0 bridgehead atoms. The molecule has 0 atom stereocenters. The van der Waals surface area contributed by atoms with Gasteiger partial charge in [0.1, 0.15) is 0 Å². The van der Waals surface area contributed by atoms with Crippen molar-refractivity contribution in [1.82, 2.24) is 4.98 Å². The first-order valence-corrected chi connectivity index (χ1v) is 6.50. The maximum Gasteiger partial charge on any atom is 1.00 e. The van der Waals surface area contributed by atoms with Gasteiger partial charge in [-0.15, -0.1) is 0 Å². The van der Waals surface area contributed by atoms with Gasteiger partial charge in [-0.25, -0.2) is 4.98 Å². The van der Waals surface area contributed by atoms with Crippen LogP contribution in [0.5, 0.6) is 0 Å². The Bertz CT molecular complexity index is 765. The van der Waals surface area contributed by atoms with E-state index in [4.69, 9.17) is 20.4 Å². The van der Waals surface area contributed by atoms with Gasteiger partial charge < -0.3 is 18.7 Å². The zero-order valence-electron chi connectivity index (χ0n) is 11.7. The molecule has 0 fully saturated rings. The Hall–Kier alpha value is -0.894. The van der Waals surface area contributed by atoms with Crippen LogP contribution in [-0.2, 0) is 11.2 Å². The molecule has 0 unspecified atom stereocenters. The summed E-state index contributed by atoms with van der Waals surface area (Å²) in [6.07, 6.45) is 1.12. The van der Waals surface area contributed by atoms with Crippen molar-refractivity contribution >= 4 is 17.6 Å². The molecule has 0 aliphatic carbocycles. The van der Waals surface area contributed by atoms with Crippen LogP contribution < -0.4 is 56.5 Å². The molecule has 0 radical (unpaired) electrons. The van der Waals surface area contributed by atoms with Crippen LogP contribution in [0.25, 0.3) is 23.0 Å². The third-order valence-corrected chi connectivity index (χ3v) is 3.10. The summed E-state index contributed by atoms with van der Waals surface area (Å²) < 4.78 is 10.9. The Morgan fingerprint density at radius 1 is 1.23 bits per heavy atom. The van der Waals surface area contributed by atoms with Crippen molar-refractivity contribution in [3.05, 3.63) is 53.4 Å². The number of aliphatic carboxylic acids is 1. The standard InChI is InChI=1S/C15H10ClNO4.K/c16-10-5-3-9(4-6-10)15-17-11(8-13(18)19)14(21-15)12-2-1-7-20-12;/h1-7H,8H2,(H,18,19);/q;+1/p-1. The van der Waals surface area contributed by atoms with Gasteiger partial charge in [0.2, 0.25) is 5.89 Å². The molecule has 0 aliphatic rings. The number of rotatable bonds is 4. The van der Waals surface area contributed by atoms with E-state index < -0.39 is 5.97 Å². The number of halogens is 1. The monoisotopic (exact) mass is 341 g/mol. The molecule has 0 aliphatic heterocycles. The number of aromatic nitrogens is 1. The largest absolute Gasteiger partial charge is 1.00 e. The molecule has 0 spiro atoms. The van der Waals surface area contributed by atoms with Crippen LogP contribution in [0.3, 0.4) is 0 Å². The number of carbonyl (C=O) groups excluding carboxylic acids is 1. The third kappa shape index (κ3) is 3.89. The maximum absolute atomic E-state index is 10.8. The Morgan fingerprint density at radius 2 is 1.95 bits per heavy atom. The molecule has 0 N–H and O–H groups in total. The van der Waals surface area contributed by atoms with Gasteiger partial charge in [-0.1, -0.05) is 11.6 Å². The van der Waals surface area contributed by atoms with Crippen LogP contribution in [-0.4, -0.2) is 11.0 Å². The molecule has 3 rings (SSSR count). The molecule has 7 heteroatoms. The summed E-state index contributed by atoms with van der Waals surface area (Å²) in [5.41, 5.74) is 0.951. The second-order valence-electron chi connectivity index (χ2n) is 4.33. The minimum absolute atomic E-state index is 0. The minimum Gasteiger partial charge on any atom is -0.550 e. The molecule has 0 saturated heterocycles. The summed E-state index contributed by atoms with van der Waals surface area (Å²) in [6.45, 7) is 0. The smallest absolute Gasteiger partial charge is 0.550 e. The van der Waals surface area contributed by atoms with Gasteiger partial charge in [0.25, 0.3) is 0 Å². The number of hydrogen-bond donors (Lipinski definition) is 0. The molecule has 22 heavy (non-hydrogen) atoms. The van der Waals surface area contributed by atoms with Gasteiger partial charge in [0.15, 0.2) is 11.5 Å². The summed E-state index contributed by atoms with van der Waals surface area (Å²) >= 11 is 5.83. The quantitative estimate of drug-likeness (QED) is 0.601. The van der Waals surface area contributed by atoms with Gasteiger partial charge in [-0.2, -0.15) is 0 Å². The molecule has 106 valence electrons. The van der Waals surface area contributed by atoms with E-state index in [1.807, 2.05) is 0 Å². The first-order valence-electron chi connectivity index (χ1n) is 6.13. The van der Waals surface area contributed by atoms with Crippen LogP contribution in [0.2, 0.25) is 5.02 Å². The van der Waals surface area contributed by atoms with Gasteiger partial charge in [-0.3, -0.25) is 0 Å². The Kier molecular flexibility index (Phi) is 6.02. The van der Waals surface area contributed by atoms with E-state index >= 15 is 0 Å². The minimum atomic E-state index is -1.24. The van der Waals surface area contributed by atoms with Crippen molar-refractivity contribution in [2.45, 2.75) is 6.42 Å². The molecule has 1 aromatic carbocycles. The SMILES string of the molecule is O=C([O-])Cc1nc(-c2ccc(Cl)cc2)oc1-c1ccco1.[K+]. The number of oxazole rings is 1. The predicted molar refractivity (Wildman–Crippen MR) is 73.4 cm³/mol. The van der Waals surface area contributed by atoms with Crippen molar-refractivity contribution in [3.63, 3.8) is 0 Å². The first-order chi connectivity index (χ1) is 10.1. The van der Waals surface area contributed by atoms with E-state index in [2.05, 4.69) is 4.98 Å². The normalized spacial score (nSPS) is 10.2. The van der Waals surface area contributed by atoms with Crippen LogP contribution in [0.4, 0.5) is 0 Å². The molecule has 0 amide bonds. The molecule has 2 aromatic heterocycles. The van der Waals surface area contributed by atoms with Gasteiger partial charge in [0.05, 0.1) is 12.0 Å². The number of furan rings is 1. The van der Waals surface area contributed by atoms with Crippen LogP contribution >= 0.6 is 11.6 Å². The second-order valence-corrected chi connectivity index (χ2v) is 4.76. The van der Waals surface area contributed by atoms with Crippen LogP contribution in [0.15, 0.2) is 51.5 Å². The van der Waals surface area contributed by atoms with E-state index in [9.17, 15) is 9.90 Å². The molecule has 5 nitrogen and oxygen atoms in total. The summed E-state index contributed by atoms with van der Waals surface area (Å²) in [5, 5.41) is 11.4. The van der Waals surface area contributed by atoms with Gasteiger partial charge in [0, 0.05) is 23.0 Å². The molecule has 3 aromatic rings. The van der Waals surface area contributed by atoms with E-state index in [1.54, 1.807) is 36.4 Å². The number of carboxylic acid groups (broad SMARTS) is 1. The molecular formula is C15H9ClKNO4. The number of nitrogens with zero attached hydrogens (tertiary/aromatic N) is 1. The number of carbonyl (C=O) groups is 1. The van der Waals surface area contributed by atoms with Crippen molar-refractivity contribution in [3.8, 4) is 23.0 Å². The zero-order valence-corrected chi connectivity index (χ0v) is 15.6. The van der Waals surface area contributed by atoms with E-state index in [0.29, 0.717) is 22.2 Å². The fourth-order valence-corrected chi connectivity index (χ4v) is 2.05. The zero-order chi connectivity index (χ0) is 14.8. The average Bonchev–Trinajstić information content (AvgIpc) is 3.08. The Balaban J connectivity index is 0.00000176. The van der Waals surface area contributed by atoms with Crippen LogP contribution in [0, 0.1) is 0 Å². The summed E-state index contributed by atoms with van der Waals surface area (Å²) in [4.78, 5) is 15.1. The summed E-state index contributed by atoms with van der Waals surface area (Å²) in [7, 11) is 0. The molecule has 0 saturated carbocycles. The maximum atomic E-state index is 10.8. The van der Waals surface area contributed by atoms with Crippen molar-refractivity contribution in [2.24, 2.45) is 0 Å². The third-order valence-electron chi connectivity index (χ3n) is 2.85. The van der Waals surface area contributed by atoms with Gasteiger partial charge >= 0.3 is 51.4 Å². The van der Waals surface area contributed by atoms with Crippen molar-refractivity contribution in [1.29, 1.82) is 0 Å². The molecule has 2 heterocycles. The fraction of sp³-hybridized carbons (Fsp3) is 0.0667. The second kappa shape index (κ2) is 7.59. The fourth-order valence-electron chi connectivity index (χ4n) is 1.92. The van der Waals surface area contributed by atoms with Crippen molar-refractivity contribution < 1.29 is 70.1 Å². The van der Waals surface area contributed by atoms with Gasteiger partial charge in [-0.05, 0) is 36.4 Å². The topological polar surface area (TPSA) is 79.3 Å². The Morgan fingerprint density at radius 3 is 2.55 bits per heavy atom. The summed E-state index contributed by atoms with van der Waals surface area (Å²) in [5.74, 6) is -0.235. The molecular weight excluding hydrogens is 333 g/mol. The number of carboxylic acids is 1. The van der Waals surface area contributed by atoms with E-state index in [-0.39, 0.29) is 69.3 Å². The summed E-state index contributed by atoms with van der Waals surface area (Å²) in [6, 6.07) is 10.2. The number of hydrogen-bond acceptors (Lipinski definition) is 5. The number of benzene rings is 1. The first kappa shape index (κ1) is 17.5. The van der Waals surface area contributed by atoms with Crippen LogP contribution in [0.1, 0.15) is 5.69 Å². The van der Waals surface area contributed by atoms with Crippen molar-refractivity contribution in [2.75, 3.05) is 0 Å². The van der Waals surface area contributed by atoms with E-state index in [0.717, 1.165) is 0 Å². The predicted octanol–water partition coefficient (Wildman–Crippen LogP) is -0.449. The van der Waals surface area contributed by atoms with E-state index in [1.165, 1.54) is 6.26 Å². The average molecular weight is 342 g/mol. The Labute approximate surface area is 173 Å².